The zero-order valence-electron chi connectivity index (χ0n) is 16.4. The molecular weight excluding hydrogens is 386 g/mol. The Morgan fingerprint density at radius 3 is 2.76 bits per heavy atom. The van der Waals surface area contributed by atoms with Gasteiger partial charge in [0.15, 0.2) is 0 Å². The van der Waals surface area contributed by atoms with Crippen molar-refractivity contribution in [2.75, 3.05) is 36.5 Å². The van der Waals surface area contributed by atoms with Crippen LogP contribution in [-0.4, -0.2) is 46.8 Å². The largest absolute Gasteiger partial charge is 0.366 e. The summed E-state index contributed by atoms with van der Waals surface area (Å²) in [5.74, 6) is 0. The van der Waals surface area contributed by atoms with Gasteiger partial charge < -0.3 is 20.1 Å². The quantitative estimate of drug-likeness (QED) is 0.671. The number of imidazole rings is 1. The number of nitrogens with zero attached hydrogens (tertiary/aromatic N) is 3. The van der Waals surface area contributed by atoms with Crippen molar-refractivity contribution in [2.24, 2.45) is 0 Å². The number of rotatable bonds is 5. The molecule has 0 spiro atoms. The number of aryl methyl sites for hydroxylation is 1. The number of fused-ring (bicyclic) bond motifs is 2. The highest BCUT2D eigenvalue weighted by Crippen LogP contribution is 2.36. The normalized spacial score (nSPS) is 17.6. The summed E-state index contributed by atoms with van der Waals surface area (Å²) < 4.78 is 1.86. The van der Waals surface area contributed by atoms with Gasteiger partial charge in [0.25, 0.3) is 0 Å². The van der Waals surface area contributed by atoms with Crippen LogP contribution in [0.2, 0.25) is 5.02 Å². The SMILES string of the molecule is O=c1[nH]c2ccccc2n1CCCN1CCC(N2CNc3cc(Cl)ccc32)CC1. The van der Waals surface area contributed by atoms with Crippen LogP contribution in [-0.2, 0) is 6.54 Å². The van der Waals surface area contributed by atoms with Crippen molar-refractivity contribution in [1.82, 2.24) is 14.5 Å². The van der Waals surface area contributed by atoms with Gasteiger partial charge in [0.1, 0.15) is 0 Å². The fourth-order valence-electron chi connectivity index (χ4n) is 4.72. The standard InChI is InChI=1S/C22H26ClN5O/c23-16-6-7-21-19(14-16)24-15-28(21)17-8-12-26(13-9-17)10-3-11-27-20-5-2-1-4-18(20)25-22(27)29/h1-2,4-7,14,17,24H,3,8-13,15H2,(H,25,29). The predicted molar refractivity (Wildman–Crippen MR) is 119 cm³/mol. The van der Waals surface area contributed by atoms with Gasteiger partial charge in [-0.05, 0) is 56.1 Å². The third-order valence-electron chi connectivity index (χ3n) is 6.24. The molecule has 1 aromatic heterocycles. The second kappa shape index (κ2) is 7.76. The van der Waals surface area contributed by atoms with Crippen molar-refractivity contribution in [3.8, 4) is 0 Å². The number of aromatic nitrogens is 2. The van der Waals surface area contributed by atoms with Gasteiger partial charge in [-0.1, -0.05) is 23.7 Å². The minimum Gasteiger partial charge on any atom is -0.366 e. The van der Waals surface area contributed by atoms with E-state index in [1.54, 1.807) is 0 Å². The van der Waals surface area contributed by atoms with E-state index in [2.05, 4.69) is 26.2 Å². The molecule has 3 heterocycles. The van der Waals surface area contributed by atoms with E-state index in [0.29, 0.717) is 6.04 Å². The van der Waals surface area contributed by atoms with Gasteiger partial charge in [-0.25, -0.2) is 4.79 Å². The first-order chi connectivity index (χ1) is 14.2. The number of likely N-dealkylation sites (tertiary alicyclic amines) is 1. The van der Waals surface area contributed by atoms with Crippen molar-refractivity contribution < 1.29 is 0 Å². The van der Waals surface area contributed by atoms with E-state index in [1.807, 2.05) is 41.0 Å². The molecule has 0 bridgehead atoms. The number of piperidine rings is 1. The number of H-pyrrole nitrogens is 1. The first-order valence-corrected chi connectivity index (χ1v) is 10.8. The molecule has 1 saturated heterocycles. The van der Waals surface area contributed by atoms with Crippen molar-refractivity contribution >= 4 is 34.0 Å². The lowest BCUT2D eigenvalue weighted by Crippen LogP contribution is -2.45. The summed E-state index contributed by atoms with van der Waals surface area (Å²) in [6.45, 7) is 4.86. The second-order valence-electron chi connectivity index (χ2n) is 7.99. The number of hydrogen-bond donors (Lipinski definition) is 2. The van der Waals surface area contributed by atoms with Crippen LogP contribution in [0.4, 0.5) is 11.4 Å². The highest BCUT2D eigenvalue weighted by molar-refractivity contribution is 6.31. The van der Waals surface area contributed by atoms with E-state index >= 15 is 0 Å². The molecule has 2 aliphatic rings. The van der Waals surface area contributed by atoms with Crippen molar-refractivity contribution in [3.05, 3.63) is 58.0 Å². The molecule has 0 saturated carbocycles. The molecule has 0 unspecified atom stereocenters. The minimum atomic E-state index is -0.00906. The summed E-state index contributed by atoms with van der Waals surface area (Å²) in [5, 5.41) is 4.24. The van der Waals surface area contributed by atoms with Crippen molar-refractivity contribution in [3.63, 3.8) is 0 Å². The lowest BCUT2D eigenvalue weighted by molar-refractivity contribution is 0.205. The highest BCUT2D eigenvalue weighted by atomic mass is 35.5. The molecule has 0 aliphatic carbocycles. The molecular formula is C22H26ClN5O. The Hall–Kier alpha value is -2.44. The fraction of sp³-hybridized carbons (Fsp3) is 0.409. The van der Waals surface area contributed by atoms with E-state index in [1.165, 1.54) is 5.69 Å². The van der Waals surface area contributed by atoms with Gasteiger partial charge in [0, 0.05) is 30.7 Å². The molecule has 5 rings (SSSR count). The van der Waals surface area contributed by atoms with Crippen LogP contribution >= 0.6 is 11.6 Å². The molecule has 6 nitrogen and oxygen atoms in total. The Balaban J connectivity index is 1.14. The summed E-state index contributed by atoms with van der Waals surface area (Å²) in [5.41, 5.74) is 4.32. The zero-order chi connectivity index (χ0) is 19.8. The average Bonchev–Trinajstić information content (AvgIpc) is 3.29. The first kappa shape index (κ1) is 18.6. The van der Waals surface area contributed by atoms with Gasteiger partial charge in [0.05, 0.1) is 29.1 Å². The van der Waals surface area contributed by atoms with Crippen molar-refractivity contribution in [1.29, 1.82) is 0 Å². The number of anilines is 2. The summed E-state index contributed by atoms with van der Waals surface area (Å²) in [7, 11) is 0. The lowest BCUT2D eigenvalue weighted by atomic mass is 10.0. The van der Waals surface area contributed by atoms with E-state index < -0.39 is 0 Å². The summed E-state index contributed by atoms with van der Waals surface area (Å²) in [4.78, 5) is 20.2. The minimum absolute atomic E-state index is 0.00906. The van der Waals surface area contributed by atoms with Gasteiger partial charge in [-0.15, -0.1) is 0 Å². The summed E-state index contributed by atoms with van der Waals surface area (Å²) in [6.07, 6.45) is 3.31. The van der Waals surface area contributed by atoms with Gasteiger partial charge in [-0.3, -0.25) is 4.57 Å². The van der Waals surface area contributed by atoms with Crippen LogP contribution in [0.5, 0.6) is 0 Å². The van der Waals surface area contributed by atoms with E-state index in [0.717, 1.165) is 73.9 Å². The molecule has 0 radical (unpaired) electrons. The van der Waals surface area contributed by atoms with Crippen molar-refractivity contribution in [2.45, 2.75) is 31.8 Å². The monoisotopic (exact) mass is 411 g/mol. The van der Waals surface area contributed by atoms with Crippen LogP contribution in [0.3, 0.4) is 0 Å². The maximum Gasteiger partial charge on any atom is 0.326 e. The molecule has 29 heavy (non-hydrogen) atoms. The number of benzene rings is 2. The van der Waals surface area contributed by atoms with Crippen LogP contribution in [0.15, 0.2) is 47.3 Å². The van der Waals surface area contributed by atoms with Gasteiger partial charge in [0.2, 0.25) is 0 Å². The summed E-state index contributed by atoms with van der Waals surface area (Å²) >= 11 is 6.11. The lowest BCUT2D eigenvalue weighted by Gasteiger charge is -2.37. The smallest absolute Gasteiger partial charge is 0.326 e. The van der Waals surface area contributed by atoms with E-state index in [4.69, 9.17) is 11.6 Å². The van der Waals surface area contributed by atoms with Gasteiger partial charge in [-0.2, -0.15) is 0 Å². The third-order valence-corrected chi connectivity index (χ3v) is 6.48. The molecule has 3 aromatic rings. The van der Waals surface area contributed by atoms with Crippen LogP contribution in [0.25, 0.3) is 11.0 Å². The maximum atomic E-state index is 12.2. The molecule has 2 aliphatic heterocycles. The Morgan fingerprint density at radius 2 is 1.90 bits per heavy atom. The Morgan fingerprint density at radius 1 is 1.07 bits per heavy atom. The van der Waals surface area contributed by atoms with E-state index in [9.17, 15) is 4.79 Å². The first-order valence-electron chi connectivity index (χ1n) is 10.4. The number of hydrogen-bond acceptors (Lipinski definition) is 4. The molecule has 0 amide bonds. The highest BCUT2D eigenvalue weighted by Gasteiger charge is 2.29. The Bertz CT molecular complexity index is 1070. The molecule has 152 valence electrons. The summed E-state index contributed by atoms with van der Waals surface area (Å²) in [6, 6.07) is 14.6. The molecule has 7 heteroatoms. The second-order valence-corrected chi connectivity index (χ2v) is 8.43. The number of nitrogens with one attached hydrogen (secondary N) is 2. The zero-order valence-corrected chi connectivity index (χ0v) is 17.2. The maximum absolute atomic E-state index is 12.2. The molecule has 1 fully saturated rings. The topological polar surface area (TPSA) is 56.3 Å². The van der Waals surface area contributed by atoms with Crippen LogP contribution < -0.4 is 15.9 Å². The average molecular weight is 412 g/mol. The molecule has 2 N–H and O–H groups in total. The fourth-order valence-corrected chi connectivity index (χ4v) is 4.89. The van der Waals surface area contributed by atoms with Crippen LogP contribution in [0.1, 0.15) is 19.3 Å². The number of aromatic amines is 1. The van der Waals surface area contributed by atoms with E-state index in [-0.39, 0.29) is 5.69 Å². The van der Waals surface area contributed by atoms with Gasteiger partial charge >= 0.3 is 5.69 Å². The molecule has 2 aromatic carbocycles. The Kier molecular flexibility index (Phi) is 4.97. The molecule has 0 atom stereocenters. The third kappa shape index (κ3) is 3.63. The Labute approximate surface area is 175 Å². The van der Waals surface area contributed by atoms with Crippen LogP contribution in [0, 0.1) is 0 Å². The number of halogens is 1. The number of para-hydroxylation sites is 2. The predicted octanol–water partition coefficient (Wildman–Crippen LogP) is 3.73.